The molecule has 4 amide bonds. The van der Waals surface area contributed by atoms with Crippen molar-refractivity contribution in [2.75, 3.05) is 11.9 Å². The van der Waals surface area contributed by atoms with Crippen LogP contribution in [0.1, 0.15) is 12.5 Å². The van der Waals surface area contributed by atoms with Crippen molar-refractivity contribution in [1.82, 2.24) is 20.2 Å². The third-order valence-electron chi connectivity index (χ3n) is 5.61. The normalized spacial score (nSPS) is 18.1. The number of nitrogens with one attached hydrogen (secondary N) is 3. The molecule has 2 aromatic heterocycles. The molecule has 1 unspecified atom stereocenters. The van der Waals surface area contributed by atoms with E-state index in [9.17, 15) is 18.8 Å². The molecule has 2 aromatic carbocycles. The highest BCUT2D eigenvalue weighted by molar-refractivity contribution is 7.14. The number of nitrogens with zero attached hydrogens (tertiary/aromatic N) is 2. The monoisotopic (exact) mass is 463 g/mol. The number of halogens is 1. The summed E-state index contributed by atoms with van der Waals surface area (Å²) >= 11 is 1.25. The van der Waals surface area contributed by atoms with Gasteiger partial charge in [0.1, 0.15) is 17.9 Å². The lowest BCUT2D eigenvalue weighted by Gasteiger charge is -2.22. The Balaban J connectivity index is 1.29. The Bertz CT molecular complexity index is 1400. The van der Waals surface area contributed by atoms with Crippen molar-refractivity contribution in [3.63, 3.8) is 0 Å². The van der Waals surface area contributed by atoms with Crippen LogP contribution < -0.4 is 10.6 Å². The quantitative estimate of drug-likeness (QED) is 0.391. The predicted octanol–water partition coefficient (Wildman–Crippen LogP) is 3.84. The highest BCUT2D eigenvalue weighted by Crippen LogP contribution is 2.31. The van der Waals surface area contributed by atoms with Crippen LogP contribution in [0.4, 0.5) is 14.3 Å². The molecule has 1 aliphatic rings. The van der Waals surface area contributed by atoms with Crippen LogP contribution in [-0.2, 0) is 15.1 Å². The van der Waals surface area contributed by atoms with Gasteiger partial charge in [-0.05, 0) is 30.7 Å². The number of amides is 4. The van der Waals surface area contributed by atoms with Gasteiger partial charge in [-0.2, -0.15) is 0 Å². The first kappa shape index (κ1) is 20.8. The number of anilines is 1. The van der Waals surface area contributed by atoms with Crippen molar-refractivity contribution in [3.05, 3.63) is 71.5 Å². The Morgan fingerprint density at radius 3 is 2.73 bits per heavy atom. The first-order chi connectivity index (χ1) is 15.8. The topological polar surface area (TPSA) is 107 Å². The summed E-state index contributed by atoms with van der Waals surface area (Å²) in [5.41, 5.74) is 1.63. The molecule has 10 heteroatoms. The van der Waals surface area contributed by atoms with Crippen molar-refractivity contribution in [2.24, 2.45) is 0 Å². The van der Waals surface area contributed by atoms with Crippen LogP contribution in [0.15, 0.2) is 60.1 Å². The third-order valence-corrected chi connectivity index (χ3v) is 6.37. The number of carbonyl (C=O) groups excluding carboxylic acids is 3. The number of para-hydroxylation sites is 1. The van der Waals surface area contributed by atoms with Crippen LogP contribution in [0, 0.1) is 5.82 Å². The Hall–Kier alpha value is -4.05. The van der Waals surface area contributed by atoms with Gasteiger partial charge in [-0.1, -0.05) is 30.3 Å². The van der Waals surface area contributed by atoms with Crippen LogP contribution in [0.5, 0.6) is 0 Å². The van der Waals surface area contributed by atoms with Crippen LogP contribution in [0.2, 0.25) is 0 Å². The second-order valence-electron chi connectivity index (χ2n) is 7.79. The van der Waals surface area contributed by atoms with Crippen LogP contribution in [0.25, 0.3) is 22.2 Å². The van der Waals surface area contributed by atoms with E-state index in [0.29, 0.717) is 16.4 Å². The zero-order valence-corrected chi connectivity index (χ0v) is 18.2. The molecule has 0 radical (unpaired) electrons. The van der Waals surface area contributed by atoms with Gasteiger partial charge in [-0.25, -0.2) is 14.2 Å². The molecule has 3 N–H and O–H groups in total. The van der Waals surface area contributed by atoms with Gasteiger partial charge in [0, 0.05) is 28.0 Å². The molecule has 8 nitrogen and oxygen atoms in total. The minimum absolute atomic E-state index is 0.355. The summed E-state index contributed by atoms with van der Waals surface area (Å²) < 4.78 is 13.3. The summed E-state index contributed by atoms with van der Waals surface area (Å²) in [4.78, 5) is 46.5. The van der Waals surface area contributed by atoms with Crippen LogP contribution in [0.3, 0.4) is 0 Å². The first-order valence-corrected chi connectivity index (χ1v) is 10.9. The molecule has 4 aromatic rings. The summed E-state index contributed by atoms with van der Waals surface area (Å²) in [6.45, 7) is 1.05. The molecule has 1 saturated heterocycles. The molecular weight excluding hydrogens is 445 g/mol. The smallest absolute Gasteiger partial charge is 0.325 e. The van der Waals surface area contributed by atoms with Crippen molar-refractivity contribution in [3.8, 4) is 11.3 Å². The fraction of sp³-hybridized carbons (Fsp3) is 0.130. The fourth-order valence-electron chi connectivity index (χ4n) is 3.86. The molecule has 1 aliphatic heterocycles. The number of aromatic amines is 1. The van der Waals surface area contributed by atoms with E-state index in [2.05, 4.69) is 20.6 Å². The molecule has 0 saturated carbocycles. The van der Waals surface area contributed by atoms with Crippen molar-refractivity contribution in [1.29, 1.82) is 0 Å². The maximum Gasteiger partial charge on any atom is 0.325 e. The molecule has 1 fully saturated rings. The fourth-order valence-corrected chi connectivity index (χ4v) is 4.59. The van der Waals surface area contributed by atoms with E-state index in [0.717, 1.165) is 21.4 Å². The zero-order valence-electron chi connectivity index (χ0n) is 17.4. The lowest BCUT2D eigenvalue weighted by molar-refractivity contribution is -0.133. The Morgan fingerprint density at radius 1 is 1.18 bits per heavy atom. The number of hydrogen-bond donors (Lipinski definition) is 3. The zero-order chi connectivity index (χ0) is 23.2. The van der Waals surface area contributed by atoms with Gasteiger partial charge in [-0.15, -0.1) is 11.3 Å². The van der Waals surface area contributed by atoms with Crippen LogP contribution in [-0.4, -0.2) is 39.3 Å². The molecular formula is C23H18FN5O3S. The molecule has 1 atom stereocenters. The average molecular weight is 463 g/mol. The molecule has 5 rings (SSSR count). The number of rotatable bonds is 5. The second-order valence-corrected chi connectivity index (χ2v) is 8.65. The number of aromatic nitrogens is 2. The van der Waals surface area contributed by atoms with Crippen molar-refractivity contribution < 1.29 is 18.8 Å². The summed E-state index contributed by atoms with van der Waals surface area (Å²) in [6.07, 6.45) is 1.86. The number of H-pyrrole nitrogens is 1. The molecule has 33 heavy (non-hydrogen) atoms. The first-order valence-electron chi connectivity index (χ1n) is 10.1. The van der Waals surface area contributed by atoms with E-state index in [4.69, 9.17) is 0 Å². The summed E-state index contributed by atoms with van der Waals surface area (Å²) in [6, 6.07) is 12.4. The maximum absolute atomic E-state index is 13.3. The van der Waals surface area contributed by atoms with Gasteiger partial charge in [0.25, 0.3) is 5.91 Å². The Labute approximate surface area is 191 Å². The highest BCUT2D eigenvalue weighted by atomic mass is 32.1. The predicted molar refractivity (Wildman–Crippen MR) is 122 cm³/mol. The molecule has 0 bridgehead atoms. The van der Waals surface area contributed by atoms with E-state index < -0.39 is 35.7 Å². The van der Waals surface area contributed by atoms with Gasteiger partial charge in [0.05, 0.1) is 5.69 Å². The lowest BCUT2D eigenvalue weighted by atomic mass is 9.92. The van der Waals surface area contributed by atoms with E-state index in [-0.39, 0.29) is 0 Å². The molecule has 166 valence electrons. The summed E-state index contributed by atoms with van der Waals surface area (Å²) in [7, 11) is 0. The Morgan fingerprint density at radius 2 is 1.94 bits per heavy atom. The van der Waals surface area contributed by atoms with Gasteiger partial charge in [0.15, 0.2) is 5.13 Å². The number of benzene rings is 2. The van der Waals surface area contributed by atoms with E-state index in [1.807, 2.05) is 35.8 Å². The number of urea groups is 1. The van der Waals surface area contributed by atoms with E-state index in [1.54, 1.807) is 0 Å². The van der Waals surface area contributed by atoms with Gasteiger partial charge in [0.2, 0.25) is 5.91 Å². The number of thiazole rings is 1. The number of imide groups is 1. The number of fused-ring (bicyclic) bond motifs is 1. The number of hydrogen-bond acceptors (Lipinski definition) is 5. The third kappa shape index (κ3) is 3.64. The second kappa shape index (κ2) is 7.82. The minimum Gasteiger partial charge on any atom is -0.360 e. The summed E-state index contributed by atoms with van der Waals surface area (Å²) in [5, 5.41) is 8.44. The molecule has 3 heterocycles. The largest absolute Gasteiger partial charge is 0.360 e. The summed E-state index contributed by atoms with van der Waals surface area (Å²) in [5.74, 6) is -1.60. The minimum atomic E-state index is -1.38. The lowest BCUT2D eigenvalue weighted by Crippen LogP contribution is -2.42. The standard InChI is InChI=1S/C23H18FN5O3S/c1-23(13-6-8-14(24)9-7-13)20(31)29(22(32)28-23)11-19(30)27-21-26-18(12-33-21)16-10-25-17-5-3-2-4-15(16)17/h2-10,12,25H,11H2,1H3,(H,28,32)(H,26,27,30). The van der Waals surface area contributed by atoms with Crippen LogP contribution >= 0.6 is 11.3 Å². The molecule has 0 aliphatic carbocycles. The van der Waals surface area contributed by atoms with Crippen molar-refractivity contribution in [2.45, 2.75) is 12.5 Å². The maximum atomic E-state index is 13.3. The van der Waals surface area contributed by atoms with Gasteiger partial charge < -0.3 is 15.6 Å². The number of carbonyl (C=O) groups is 3. The van der Waals surface area contributed by atoms with E-state index >= 15 is 0 Å². The SMILES string of the molecule is CC1(c2ccc(F)cc2)NC(=O)N(CC(=O)Nc2nc(-c3c[nH]c4ccccc34)cs2)C1=O. The average Bonchev–Trinajstić information content (AvgIpc) is 3.48. The van der Waals surface area contributed by atoms with Gasteiger partial charge in [-0.3, -0.25) is 14.5 Å². The van der Waals surface area contributed by atoms with E-state index in [1.165, 1.54) is 42.5 Å². The highest BCUT2D eigenvalue weighted by Gasteiger charge is 2.49. The van der Waals surface area contributed by atoms with Crippen molar-refractivity contribution >= 4 is 45.2 Å². The Kier molecular flexibility index (Phi) is 4.94. The molecule has 0 spiro atoms. The van der Waals surface area contributed by atoms with Gasteiger partial charge >= 0.3 is 6.03 Å².